The maximum atomic E-state index is 10.6. The van der Waals surface area contributed by atoms with Crippen molar-refractivity contribution in [3.63, 3.8) is 0 Å². The molecule has 0 unspecified atom stereocenters. The molecule has 0 rings (SSSR count). The van der Waals surface area contributed by atoms with E-state index in [1.807, 2.05) is 0 Å². The Bertz CT molecular complexity index is 123. The predicted octanol–water partition coefficient (Wildman–Crippen LogP) is -0.999. The summed E-state index contributed by atoms with van der Waals surface area (Å²) in [6.07, 6.45) is 0. The van der Waals surface area contributed by atoms with Crippen LogP contribution in [-0.4, -0.2) is 11.9 Å². The van der Waals surface area contributed by atoms with E-state index in [0.717, 1.165) is 46.5 Å². The van der Waals surface area contributed by atoms with Crippen LogP contribution in [0.1, 0.15) is 0 Å². The molecule has 0 aliphatic carbocycles. The summed E-state index contributed by atoms with van der Waals surface area (Å²) in [5.41, 5.74) is 0. The number of hydrogen-bond acceptors (Lipinski definition) is 4. The van der Waals surface area contributed by atoms with E-state index >= 15 is 0 Å². The van der Waals surface area contributed by atoms with Crippen LogP contribution in [0.3, 0.4) is 0 Å². The van der Waals surface area contributed by atoms with Gasteiger partial charge in [-0.25, -0.2) is 0 Å². The third-order valence-electron chi connectivity index (χ3n) is 0.401. The van der Waals surface area contributed by atoms with E-state index in [0.29, 0.717) is 0 Å². The monoisotopic (exact) mass is 1040 g/mol. The Morgan fingerprint density at radius 1 is 1.00 bits per heavy atom. The first kappa shape index (κ1) is 13.0. The first-order valence-corrected chi connectivity index (χ1v) is 39.7. The van der Waals surface area contributed by atoms with E-state index < -0.39 is 51.7 Å². The molecule has 0 bridgehead atoms. The zero-order valence-electron chi connectivity index (χ0n) is 4.45. The molecule has 4 nitrogen and oxygen atoms in total. The molecule has 0 aromatic heterocycles. The molecule has 0 atom stereocenters. The second-order valence-electron chi connectivity index (χ2n) is 0.908. The molecule has 0 aromatic carbocycles. The summed E-state index contributed by atoms with van der Waals surface area (Å²) in [7, 11) is 0. The second kappa shape index (κ2) is 8.61. The molecule has 0 aliphatic rings. The van der Waals surface area contributed by atoms with Gasteiger partial charge in [-0.1, -0.05) is 0 Å². The molecule has 0 fully saturated rings. The van der Waals surface area contributed by atoms with Crippen molar-refractivity contribution in [2.75, 3.05) is 0 Å². The molecule has 0 aliphatic heterocycles. The van der Waals surface area contributed by atoms with Crippen LogP contribution in [0.4, 0.5) is 0 Å². The number of carbonyl (C=O) groups is 2. The second-order valence-corrected chi connectivity index (χ2v) is 16.6. The van der Waals surface area contributed by atoms with Crippen molar-refractivity contribution in [1.29, 1.82) is 0 Å². The van der Waals surface area contributed by atoms with Gasteiger partial charge in [-0.15, -0.1) is 0 Å². The summed E-state index contributed by atoms with van der Waals surface area (Å²) in [4.78, 5) is 21.1. The number of carbonyl (C=O) groups excluding carboxylic acids is 2. The summed E-state index contributed by atoms with van der Waals surface area (Å²) >= 11 is -0.500. The van der Waals surface area contributed by atoms with Gasteiger partial charge in [0.05, 0.1) is 0 Å². The summed E-state index contributed by atoms with van der Waals surface area (Å²) in [5.74, 6) is -1.45. The molecule has 0 radical (unpaired) electrons. The van der Waals surface area contributed by atoms with Gasteiger partial charge in [-0.2, -0.15) is 0 Å². The zero-order chi connectivity index (χ0) is 7.98. The van der Waals surface area contributed by atoms with Gasteiger partial charge in [0.15, 0.2) is 0 Å². The van der Waals surface area contributed by atoms with Crippen LogP contribution < -0.4 is 0 Å². The van der Waals surface area contributed by atoms with E-state index in [9.17, 15) is 9.59 Å². The van der Waals surface area contributed by atoms with E-state index in [2.05, 4.69) is 4.94 Å². The van der Waals surface area contributed by atoms with Crippen molar-refractivity contribution in [3.8, 4) is 0 Å². The minimum atomic E-state index is -1.01. The van der Waals surface area contributed by atoms with Crippen molar-refractivity contribution in [2.24, 2.45) is 0 Å². The summed E-state index contributed by atoms with van der Waals surface area (Å²) in [6.45, 7) is 0. The van der Waals surface area contributed by atoms with Gasteiger partial charge in [0.25, 0.3) is 0 Å². The van der Waals surface area contributed by atoms with Gasteiger partial charge in [0.1, 0.15) is 0 Å². The first-order valence-electron chi connectivity index (χ1n) is 1.81. The Morgan fingerprint density at radius 2 is 1.30 bits per heavy atom. The fraction of sp³-hybridized carbons (Fsp3) is 0. The van der Waals surface area contributed by atoms with Crippen LogP contribution in [0, 0.1) is 86.3 Å². The molecular weight excluding hydrogens is 1050 g/mol. The van der Waals surface area contributed by atoms with Crippen molar-refractivity contribution >= 4 is 11.9 Å². The average molecular weight is 1050 g/mol. The Balaban J connectivity index is 3.60. The van der Waals surface area contributed by atoms with Gasteiger partial charge < -0.3 is 0 Å². The van der Waals surface area contributed by atoms with Gasteiger partial charge in [0.2, 0.25) is 0 Å². The van der Waals surface area contributed by atoms with Crippen LogP contribution >= 0.6 is 0 Å². The van der Waals surface area contributed by atoms with Crippen molar-refractivity contribution in [2.45, 2.75) is 0 Å². The first-order chi connectivity index (χ1) is 4.72. The Kier molecular flexibility index (Phi) is 11.2. The van der Waals surface area contributed by atoms with Gasteiger partial charge >= 0.3 is 113 Å². The van der Waals surface area contributed by atoms with Crippen LogP contribution in [0.15, 0.2) is 0 Å². The molecule has 52 valence electrons. The minimum absolute atomic E-state index is 0.726. The van der Waals surface area contributed by atoms with E-state index in [4.69, 9.17) is 0 Å². The van der Waals surface area contributed by atoms with Crippen molar-refractivity contribution in [1.82, 2.24) is 0 Å². The molecule has 0 spiro atoms. The van der Waals surface area contributed by atoms with Crippen LogP contribution in [-0.2, 0) is 14.5 Å². The Labute approximate surface area is 109 Å². The summed E-state index contributed by atoms with van der Waals surface area (Å²) < 4.78 is 9.31. The molecule has 0 amide bonds. The Hall–Kier alpha value is 3.02. The fourth-order valence-electron chi connectivity index (χ4n) is 0.144. The molecular formula is C2O4Pu2U2. The standard InChI is InChI=1S/C2H2O4.2Pu.2U/c3-1(4)2(5)6;;;;/h(H,3,4)(H,5,6);;;;/q;2*+1;;/p-2. The quantitative estimate of drug-likeness (QED) is 0.334. The topological polar surface area (TPSA) is 52.6 Å². The Morgan fingerprint density at radius 3 is 1.50 bits per heavy atom. The molecule has 8 heteroatoms. The molecule has 0 saturated heterocycles. The number of rotatable bonds is 2. The van der Waals surface area contributed by atoms with Crippen molar-refractivity contribution in [3.05, 3.63) is 0 Å². The fourth-order valence-corrected chi connectivity index (χ4v) is 7.22. The van der Waals surface area contributed by atoms with E-state index in [1.165, 1.54) is 0 Å². The van der Waals surface area contributed by atoms with Crippen LogP contribution in [0.25, 0.3) is 0 Å². The van der Waals surface area contributed by atoms with Crippen molar-refractivity contribution < 1.29 is 101 Å². The maximum absolute atomic E-state index is 10.6. The third-order valence-corrected chi connectivity index (χ3v) is 8.83. The SMILES string of the molecule is O=C([O][Pu][U])C(=O)[O][Pu][U]. The third kappa shape index (κ3) is 6.52. The molecule has 0 N–H and O–H groups in total. The normalized spacial score (nSPS) is 7.20. The summed E-state index contributed by atoms with van der Waals surface area (Å²) in [5, 5.41) is 0. The predicted molar refractivity (Wildman–Crippen MR) is 12.2 cm³/mol. The summed E-state index contributed by atoms with van der Waals surface area (Å²) in [6, 6.07) is 0. The van der Waals surface area contributed by atoms with E-state index in [1.54, 1.807) is 0 Å². The molecule has 0 saturated carbocycles. The van der Waals surface area contributed by atoms with E-state index in [-0.39, 0.29) is 0 Å². The van der Waals surface area contributed by atoms with Gasteiger partial charge in [-0.3, -0.25) is 0 Å². The zero-order valence-corrected chi connectivity index (χ0v) is 19.6. The molecule has 0 heterocycles. The molecule has 0 aromatic rings. The van der Waals surface area contributed by atoms with Gasteiger partial charge in [0, 0.05) is 0 Å². The number of hydrogen-bond donors (Lipinski definition) is 0. The van der Waals surface area contributed by atoms with Crippen LogP contribution in [0.5, 0.6) is 0 Å². The average Bonchev–Trinajstić information content (AvgIpc) is 1.89. The van der Waals surface area contributed by atoms with Crippen LogP contribution in [0.2, 0.25) is 0 Å². The van der Waals surface area contributed by atoms with Gasteiger partial charge in [-0.05, 0) is 0 Å². The molecule has 10 heavy (non-hydrogen) atoms.